The van der Waals surface area contributed by atoms with E-state index in [1.54, 1.807) is 24.3 Å². The second-order valence-electron chi connectivity index (χ2n) is 5.61. The molecule has 0 saturated heterocycles. The van der Waals surface area contributed by atoms with Gasteiger partial charge in [-0.15, -0.1) is 0 Å². The van der Waals surface area contributed by atoms with Crippen LogP contribution in [0.3, 0.4) is 0 Å². The maximum absolute atomic E-state index is 13.7. The Morgan fingerprint density at radius 3 is 2.82 bits per heavy atom. The van der Waals surface area contributed by atoms with Gasteiger partial charge in [-0.25, -0.2) is 4.39 Å². The molecule has 5 heteroatoms. The molecule has 22 heavy (non-hydrogen) atoms. The van der Waals surface area contributed by atoms with Crippen molar-refractivity contribution >= 4 is 5.91 Å². The summed E-state index contributed by atoms with van der Waals surface area (Å²) < 4.78 is 19.1. The third kappa shape index (κ3) is 3.04. The zero-order chi connectivity index (χ0) is 15.5. The molecule has 2 aromatic rings. The molecule has 1 aromatic heterocycles. The molecule has 4 nitrogen and oxygen atoms in total. The Morgan fingerprint density at radius 1 is 1.27 bits per heavy atom. The van der Waals surface area contributed by atoms with Crippen LogP contribution in [0.1, 0.15) is 29.8 Å². The first-order valence-electron chi connectivity index (χ1n) is 7.46. The molecule has 1 heterocycles. The van der Waals surface area contributed by atoms with Gasteiger partial charge in [0.05, 0.1) is 11.7 Å². The Kier molecular flexibility index (Phi) is 4.24. The number of nitrogens with one attached hydrogen (secondary N) is 1. The largest absolute Gasteiger partial charge is 0.451 e. The monoisotopic (exact) mass is 303 g/mol. The van der Waals surface area contributed by atoms with Crippen molar-refractivity contribution in [1.82, 2.24) is 5.32 Å². The number of hydrogen-bond acceptors (Lipinski definition) is 3. The minimum Gasteiger partial charge on any atom is -0.451 e. The average Bonchev–Trinajstić information content (AvgIpc) is 3.14. The lowest BCUT2D eigenvalue weighted by Gasteiger charge is -2.14. The number of rotatable bonds is 4. The van der Waals surface area contributed by atoms with Gasteiger partial charge in [0.2, 0.25) is 0 Å². The van der Waals surface area contributed by atoms with Crippen molar-refractivity contribution in [3.8, 4) is 11.3 Å². The van der Waals surface area contributed by atoms with Gasteiger partial charge in [0.25, 0.3) is 5.91 Å². The van der Waals surface area contributed by atoms with E-state index in [2.05, 4.69) is 5.32 Å². The Hall–Kier alpha value is -2.14. The molecule has 2 atom stereocenters. The van der Waals surface area contributed by atoms with E-state index >= 15 is 0 Å². The van der Waals surface area contributed by atoms with E-state index in [0.717, 1.165) is 19.3 Å². The fraction of sp³-hybridized carbons (Fsp3) is 0.353. The molecule has 1 aromatic carbocycles. The van der Waals surface area contributed by atoms with Gasteiger partial charge in [0.1, 0.15) is 11.6 Å². The summed E-state index contributed by atoms with van der Waals surface area (Å²) in [7, 11) is 0. The molecule has 1 saturated carbocycles. The van der Waals surface area contributed by atoms with Crippen molar-refractivity contribution in [1.29, 1.82) is 0 Å². The second kappa shape index (κ2) is 6.32. The van der Waals surface area contributed by atoms with Gasteiger partial charge in [0, 0.05) is 12.5 Å². The molecule has 0 radical (unpaired) electrons. The lowest BCUT2D eigenvalue weighted by Crippen LogP contribution is -2.32. The molecule has 0 aliphatic heterocycles. The summed E-state index contributed by atoms with van der Waals surface area (Å²) in [5.74, 6) is -0.167. The van der Waals surface area contributed by atoms with Crippen LogP contribution in [0.25, 0.3) is 11.3 Å². The van der Waals surface area contributed by atoms with E-state index < -0.39 is 5.82 Å². The van der Waals surface area contributed by atoms with E-state index in [9.17, 15) is 14.3 Å². The minimum atomic E-state index is -0.391. The molecule has 1 amide bonds. The summed E-state index contributed by atoms with van der Waals surface area (Å²) in [5, 5.41) is 12.5. The van der Waals surface area contributed by atoms with Crippen molar-refractivity contribution in [3.63, 3.8) is 0 Å². The molecule has 1 aliphatic rings. The number of furan rings is 1. The molecule has 2 N–H and O–H groups in total. The molecule has 1 fully saturated rings. The molecule has 2 unspecified atom stereocenters. The highest BCUT2D eigenvalue weighted by molar-refractivity contribution is 5.92. The van der Waals surface area contributed by atoms with Crippen LogP contribution in [0.2, 0.25) is 0 Å². The third-order valence-electron chi connectivity index (χ3n) is 4.11. The fourth-order valence-corrected chi connectivity index (χ4v) is 2.83. The maximum atomic E-state index is 13.7. The number of aliphatic hydroxyl groups is 1. The number of benzene rings is 1. The Bertz CT molecular complexity index is 667. The molecule has 1 aliphatic carbocycles. The smallest absolute Gasteiger partial charge is 0.287 e. The van der Waals surface area contributed by atoms with E-state index in [0.29, 0.717) is 17.9 Å². The summed E-state index contributed by atoms with van der Waals surface area (Å²) in [6, 6.07) is 9.37. The number of amides is 1. The zero-order valence-corrected chi connectivity index (χ0v) is 12.1. The van der Waals surface area contributed by atoms with Gasteiger partial charge in [-0.2, -0.15) is 0 Å². The van der Waals surface area contributed by atoms with Crippen LogP contribution in [0.15, 0.2) is 40.8 Å². The average molecular weight is 303 g/mol. The van der Waals surface area contributed by atoms with Crippen LogP contribution in [-0.4, -0.2) is 23.7 Å². The van der Waals surface area contributed by atoms with E-state index in [-0.39, 0.29) is 23.7 Å². The van der Waals surface area contributed by atoms with E-state index in [4.69, 9.17) is 4.42 Å². The van der Waals surface area contributed by atoms with Crippen LogP contribution in [0, 0.1) is 11.7 Å². The molecular formula is C17H18FNO3. The van der Waals surface area contributed by atoms with Gasteiger partial charge < -0.3 is 14.8 Å². The topological polar surface area (TPSA) is 62.5 Å². The Labute approximate surface area is 128 Å². The van der Waals surface area contributed by atoms with Crippen molar-refractivity contribution in [2.45, 2.75) is 25.4 Å². The molecular weight excluding hydrogens is 285 g/mol. The number of carbonyl (C=O) groups is 1. The summed E-state index contributed by atoms with van der Waals surface area (Å²) in [4.78, 5) is 12.1. The fourth-order valence-electron chi connectivity index (χ4n) is 2.83. The van der Waals surface area contributed by atoms with Crippen molar-refractivity contribution < 1.29 is 18.7 Å². The van der Waals surface area contributed by atoms with E-state index in [1.165, 1.54) is 12.1 Å². The summed E-state index contributed by atoms with van der Waals surface area (Å²) in [6.45, 7) is 0.426. The maximum Gasteiger partial charge on any atom is 0.287 e. The Morgan fingerprint density at radius 2 is 2.09 bits per heavy atom. The van der Waals surface area contributed by atoms with Crippen molar-refractivity contribution in [2.24, 2.45) is 5.92 Å². The van der Waals surface area contributed by atoms with E-state index in [1.807, 2.05) is 0 Å². The van der Waals surface area contributed by atoms with Crippen LogP contribution >= 0.6 is 0 Å². The SMILES string of the molecule is O=C(NCC1CCCC1O)c1ccc(-c2ccccc2F)o1. The van der Waals surface area contributed by atoms with Crippen LogP contribution in [-0.2, 0) is 0 Å². The molecule has 116 valence electrons. The van der Waals surface area contributed by atoms with Gasteiger partial charge in [-0.05, 0) is 37.1 Å². The van der Waals surface area contributed by atoms with Crippen LogP contribution in [0.5, 0.6) is 0 Å². The minimum absolute atomic E-state index is 0.102. The number of aliphatic hydroxyl groups excluding tert-OH is 1. The van der Waals surface area contributed by atoms with Gasteiger partial charge >= 0.3 is 0 Å². The predicted octanol–water partition coefficient (Wildman–Crippen LogP) is 2.98. The van der Waals surface area contributed by atoms with Gasteiger partial charge in [-0.1, -0.05) is 18.6 Å². The standard InChI is InChI=1S/C17H18FNO3/c18-13-6-2-1-5-12(13)15-8-9-16(22-15)17(21)19-10-11-4-3-7-14(11)20/h1-2,5-6,8-9,11,14,20H,3-4,7,10H2,(H,19,21). The highest BCUT2D eigenvalue weighted by atomic mass is 19.1. The number of carbonyl (C=O) groups excluding carboxylic acids is 1. The highest BCUT2D eigenvalue weighted by Gasteiger charge is 2.26. The van der Waals surface area contributed by atoms with Crippen LogP contribution in [0.4, 0.5) is 4.39 Å². The second-order valence-corrected chi connectivity index (χ2v) is 5.61. The predicted molar refractivity (Wildman–Crippen MR) is 79.8 cm³/mol. The molecule has 3 rings (SSSR count). The van der Waals surface area contributed by atoms with Crippen LogP contribution < -0.4 is 5.32 Å². The van der Waals surface area contributed by atoms with Gasteiger partial charge in [-0.3, -0.25) is 4.79 Å². The lowest BCUT2D eigenvalue weighted by atomic mass is 10.1. The number of hydrogen-bond donors (Lipinski definition) is 2. The quantitative estimate of drug-likeness (QED) is 0.912. The normalized spacial score (nSPS) is 21.0. The first-order valence-corrected chi connectivity index (χ1v) is 7.46. The van der Waals surface area contributed by atoms with Gasteiger partial charge in [0.15, 0.2) is 5.76 Å². The molecule has 0 bridgehead atoms. The third-order valence-corrected chi connectivity index (χ3v) is 4.11. The zero-order valence-electron chi connectivity index (χ0n) is 12.1. The summed E-state index contributed by atoms with van der Waals surface area (Å²) in [6.07, 6.45) is 2.35. The highest BCUT2D eigenvalue weighted by Crippen LogP contribution is 2.26. The number of halogens is 1. The molecule has 0 spiro atoms. The Balaban J connectivity index is 1.66. The summed E-state index contributed by atoms with van der Waals surface area (Å²) >= 11 is 0. The van der Waals surface area contributed by atoms with Crippen molar-refractivity contribution in [2.75, 3.05) is 6.54 Å². The first kappa shape index (κ1) is 14.8. The first-order chi connectivity index (χ1) is 10.6. The lowest BCUT2D eigenvalue weighted by molar-refractivity contribution is 0.0891. The summed E-state index contributed by atoms with van der Waals surface area (Å²) in [5.41, 5.74) is 0.327. The van der Waals surface area contributed by atoms with Crippen molar-refractivity contribution in [3.05, 3.63) is 48.0 Å².